The van der Waals surface area contributed by atoms with Crippen molar-refractivity contribution in [2.24, 2.45) is 0 Å². The molecule has 0 unspecified atom stereocenters. The van der Waals surface area contributed by atoms with Gasteiger partial charge in [-0.2, -0.15) is 4.31 Å². The molecule has 10 heteroatoms. The second-order valence-electron chi connectivity index (χ2n) is 6.67. The van der Waals surface area contributed by atoms with Gasteiger partial charge in [-0.15, -0.1) is 11.3 Å². The first kappa shape index (κ1) is 22.5. The lowest BCUT2D eigenvalue weighted by Crippen LogP contribution is -2.40. The van der Waals surface area contributed by atoms with Crippen molar-refractivity contribution in [3.63, 3.8) is 0 Å². The van der Waals surface area contributed by atoms with Gasteiger partial charge in [0, 0.05) is 24.4 Å². The summed E-state index contributed by atoms with van der Waals surface area (Å²) in [6.07, 6.45) is 0.793. The molecule has 1 aromatic carbocycles. The Morgan fingerprint density at radius 1 is 1.17 bits per heavy atom. The Hall–Kier alpha value is -2.14. The number of amides is 1. The number of hydrogen-bond donors (Lipinski definition) is 1. The highest BCUT2D eigenvalue weighted by Gasteiger charge is 2.27. The highest BCUT2D eigenvalue weighted by molar-refractivity contribution is 7.91. The van der Waals surface area contributed by atoms with Crippen LogP contribution < -0.4 is 14.8 Å². The maximum Gasteiger partial charge on any atom is 0.252 e. The van der Waals surface area contributed by atoms with Gasteiger partial charge in [0.25, 0.3) is 10.0 Å². The molecule has 30 heavy (non-hydrogen) atoms. The van der Waals surface area contributed by atoms with E-state index in [4.69, 9.17) is 14.2 Å². The predicted molar refractivity (Wildman–Crippen MR) is 114 cm³/mol. The van der Waals surface area contributed by atoms with Crippen LogP contribution in [-0.4, -0.2) is 59.2 Å². The van der Waals surface area contributed by atoms with Crippen molar-refractivity contribution in [2.75, 3.05) is 40.5 Å². The van der Waals surface area contributed by atoms with Crippen LogP contribution in [0.2, 0.25) is 0 Å². The topological polar surface area (TPSA) is 94.2 Å². The molecular formula is C20H26N2O6S2. The van der Waals surface area contributed by atoms with Gasteiger partial charge >= 0.3 is 0 Å². The summed E-state index contributed by atoms with van der Waals surface area (Å²) in [4.78, 5) is 13.1. The molecule has 1 N–H and O–H groups in total. The maximum atomic E-state index is 12.7. The number of carbonyl (C=O) groups is 1. The summed E-state index contributed by atoms with van der Waals surface area (Å²) in [6.45, 7) is 1.83. The number of ether oxygens (including phenoxy) is 3. The number of thiophene rings is 1. The van der Waals surface area contributed by atoms with Gasteiger partial charge in [0.1, 0.15) is 4.21 Å². The number of aryl methyl sites for hydroxylation is 1. The molecule has 0 atom stereocenters. The van der Waals surface area contributed by atoms with E-state index in [9.17, 15) is 13.2 Å². The molecule has 1 fully saturated rings. The summed E-state index contributed by atoms with van der Waals surface area (Å²) in [5, 5.41) is 2.85. The lowest BCUT2D eigenvalue weighted by atomic mass is 10.1. The Kier molecular flexibility index (Phi) is 7.70. The highest BCUT2D eigenvalue weighted by Crippen LogP contribution is 2.31. The number of hydrogen-bond acceptors (Lipinski definition) is 7. The van der Waals surface area contributed by atoms with E-state index in [2.05, 4.69) is 5.32 Å². The summed E-state index contributed by atoms with van der Waals surface area (Å²) in [5.74, 6) is 1.14. The van der Waals surface area contributed by atoms with E-state index in [-0.39, 0.29) is 23.1 Å². The van der Waals surface area contributed by atoms with E-state index in [1.807, 2.05) is 18.2 Å². The van der Waals surface area contributed by atoms with Crippen LogP contribution in [0.1, 0.15) is 16.9 Å². The second kappa shape index (κ2) is 10.3. The van der Waals surface area contributed by atoms with Crippen LogP contribution in [-0.2, 0) is 32.5 Å². The van der Waals surface area contributed by atoms with Gasteiger partial charge in [-0.25, -0.2) is 8.42 Å². The number of benzene rings is 1. The number of carbonyl (C=O) groups excluding carboxylic acids is 1. The van der Waals surface area contributed by atoms with Crippen LogP contribution >= 0.6 is 11.3 Å². The lowest BCUT2D eigenvalue weighted by molar-refractivity contribution is -0.121. The predicted octanol–water partition coefficient (Wildman–Crippen LogP) is 2.04. The van der Waals surface area contributed by atoms with Gasteiger partial charge in [-0.1, -0.05) is 12.1 Å². The summed E-state index contributed by atoms with van der Waals surface area (Å²) in [5.41, 5.74) is 0.891. The van der Waals surface area contributed by atoms with Gasteiger partial charge in [0.2, 0.25) is 5.91 Å². The molecule has 0 bridgehead atoms. The molecule has 0 saturated carbocycles. The monoisotopic (exact) mass is 454 g/mol. The normalized spacial score (nSPS) is 15.0. The van der Waals surface area contributed by atoms with Crippen molar-refractivity contribution in [1.82, 2.24) is 9.62 Å². The van der Waals surface area contributed by atoms with E-state index in [1.165, 1.54) is 15.6 Å². The van der Waals surface area contributed by atoms with Gasteiger partial charge < -0.3 is 19.5 Å². The van der Waals surface area contributed by atoms with Crippen molar-refractivity contribution in [3.05, 3.63) is 40.8 Å². The Bertz CT molecular complexity index is 967. The van der Waals surface area contributed by atoms with Crippen molar-refractivity contribution in [2.45, 2.75) is 23.6 Å². The van der Waals surface area contributed by atoms with Crippen LogP contribution in [0.3, 0.4) is 0 Å². The fourth-order valence-corrected chi connectivity index (χ4v) is 6.04. The first-order valence-electron chi connectivity index (χ1n) is 9.59. The molecule has 2 heterocycles. The molecule has 0 aliphatic carbocycles. The number of para-hydroxylation sites is 1. The average Bonchev–Trinajstić information content (AvgIpc) is 3.26. The maximum absolute atomic E-state index is 12.7. The third-order valence-corrected chi connectivity index (χ3v) is 8.22. The minimum Gasteiger partial charge on any atom is -0.493 e. The zero-order valence-corrected chi connectivity index (χ0v) is 18.7. The Labute approximate surface area is 180 Å². The minimum atomic E-state index is -3.51. The Balaban J connectivity index is 1.54. The van der Waals surface area contributed by atoms with Gasteiger partial charge in [-0.05, 0) is 30.2 Å². The number of nitrogens with one attached hydrogen (secondary N) is 1. The number of morpholine rings is 1. The van der Waals surface area contributed by atoms with E-state index in [0.717, 1.165) is 10.4 Å². The lowest BCUT2D eigenvalue weighted by Gasteiger charge is -2.25. The number of methoxy groups -OCH3 is 2. The molecular weight excluding hydrogens is 428 g/mol. The van der Waals surface area contributed by atoms with Crippen molar-refractivity contribution in [1.29, 1.82) is 0 Å². The fraction of sp³-hybridized carbons (Fsp3) is 0.450. The van der Waals surface area contributed by atoms with Gasteiger partial charge in [0.05, 0.1) is 34.0 Å². The molecule has 1 aliphatic rings. The van der Waals surface area contributed by atoms with Crippen LogP contribution in [0.15, 0.2) is 34.5 Å². The summed E-state index contributed by atoms with van der Waals surface area (Å²) >= 11 is 1.18. The van der Waals surface area contributed by atoms with Crippen molar-refractivity contribution >= 4 is 27.3 Å². The van der Waals surface area contributed by atoms with Crippen LogP contribution in [0, 0.1) is 0 Å². The van der Waals surface area contributed by atoms with E-state index in [1.54, 1.807) is 26.4 Å². The zero-order valence-electron chi connectivity index (χ0n) is 17.0. The van der Waals surface area contributed by atoms with Crippen LogP contribution in [0.5, 0.6) is 11.5 Å². The molecule has 0 spiro atoms. The third-order valence-electron chi connectivity index (χ3n) is 4.77. The smallest absolute Gasteiger partial charge is 0.252 e. The molecule has 3 rings (SSSR count). The molecule has 164 valence electrons. The third kappa shape index (κ3) is 5.31. The SMILES string of the molecule is COc1cccc(CCC(=O)NCc2ccc(S(=O)(=O)N3CCOCC3)s2)c1OC. The molecule has 8 nitrogen and oxygen atoms in total. The number of nitrogens with zero attached hydrogens (tertiary/aromatic N) is 1. The zero-order chi connectivity index (χ0) is 21.6. The minimum absolute atomic E-state index is 0.120. The van der Waals surface area contributed by atoms with Crippen LogP contribution in [0.4, 0.5) is 0 Å². The molecule has 1 aromatic heterocycles. The fourth-order valence-electron chi connectivity index (χ4n) is 3.18. The molecule has 0 radical (unpaired) electrons. The molecule has 2 aromatic rings. The molecule has 1 aliphatic heterocycles. The Morgan fingerprint density at radius 3 is 2.63 bits per heavy atom. The van der Waals surface area contributed by atoms with E-state index < -0.39 is 10.0 Å². The summed E-state index contributed by atoms with van der Waals surface area (Å²) in [7, 11) is -0.364. The first-order valence-corrected chi connectivity index (χ1v) is 11.8. The number of sulfonamides is 1. The van der Waals surface area contributed by atoms with E-state index >= 15 is 0 Å². The molecule has 1 amide bonds. The Morgan fingerprint density at radius 2 is 1.93 bits per heavy atom. The van der Waals surface area contributed by atoms with E-state index in [0.29, 0.717) is 44.2 Å². The van der Waals surface area contributed by atoms with Crippen LogP contribution in [0.25, 0.3) is 0 Å². The van der Waals surface area contributed by atoms with Gasteiger partial charge in [0.15, 0.2) is 11.5 Å². The van der Waals surface area contributed by atoms with Gasteiger partial charge in [-0.3, -0.25) is 4.79 Å². The molecule has 1 saturated heterocycles. The quantitative estimate of drug-likeness (QED) is 0.623. The largest absolute Gasteiger partial charge is 0.493 e. The number of rotatable bonds is 9. The summed E-state index contributed by atoms with van der Waals surface area (Å²) in [6, 6.07) is 8.90. The summed E-state index contributed by atoms with van der Waals surface area (Å²) < 4.78 is 43.0. The standard InChI is InChI=1S/C20H26N2O6S2/c1-26-17-5-3-4-15(20(17)27-2)6-8-18(23)21-14-16-7-9-19(29-16)30(24,25)22-10-12-28-13-11-22/h3-5,7,9H,6,8,10-14H2,1-2H3,(H,21,23). The first-order chi connectivity index (χ1) is 14.5. The second-order valence-corrected chi connectivity index (χ2v) is 10.00. The van der Waals surface area contributed by atoms with Crippen molar-refractivity contribution in [3.8, 4) is 11.5 Å². The van der Waals surface area contributed by atoms with Crippen molar-refractivity contribution < 1.29 is 27.4 Å². The average molecular weight is 455 g/mol. The highest BCUT2D eigenvalue weighted by atomic mass is 32.2.